The quantitative estimate of drug-likeness (QED) is 0.385. The van der Waals surface area contributed by atoms with E-state index >= 15 is 0 Å². The fourth-order valence-corrected chi connectivity index (χ4v) is 1.65. The summed E-state index contributed by atoms with van der Waals surface area (Å²) in [7, 11) is 1.24. The van der Waals surface area contributed by atoms with Gasteiger partial charge in [0.05, 0.1) is 13.5 Å². The molecule has 1 rings (SSSR count). The molecule has 2 amide bonds. The number of ether oxygens (including phenoxy) is 2. The Morgan fingerprint density at radius 2 is 1.71 bits per heavy atom. The van der Waals surface area contributed by atoms with Crippen LogP contribution in [0.5, 0.6) is 5.75 Å². The van der Waals surface area contributed by atoms with Gasteiger partial charge in [0.1, 0.15) is 5.75 Å². The maximum atomic E-state index is 11.6. The zero-order valence-corrected chi connectivity index (χ0v) is 14.2. The summed E-state index contributed by atoms with van der Waals surface area (Å²) in [4.78, 5) is 34.0. The molecule has 0 aliphatic rings. The standard InChI is InChI=1S/C15H19N3O5S/c1-10-3-5-11(6-4-10)23-9-13(20)17-18-15(24)16-12(19)7-8-14(21)22-2/h3-6H,7-9H2,1-2H3,(H,17,20)(H2,16,18,19,24). The predicted octanol–water partition coefficient (Wildman–Crippen LogP) is 0.349. The van der Waals surface area contributed by atoms with Gasteiger partial charge in [-0.1, -0.05) is 17.7 Å². The summed E-state index contributed by atoms with van der Waals surface area (Å²) < 4.78 is 9.70. The van der Waals surface area contributed by atoms with Gasteiger partial charge in [-0.25, -0.2) is 0 Å². The third-order valence-electron chi connectivity index (χ3n) is 2.74. The van der Waals surface area contributed by atoms with Crippen LogP contribution >= 0.6 is 12.2 Å². The van der Waals surface area contributed by atoms with Gasteiger partial charge in [-0.15, -0.1) is 0 Å². The molecule has 0 unspecified atom stereocenters. The molecule has 0 spiro atoms. The number of esters is 1. The first kappa shape index (κ1) is 19.4. The number of hydrogen-bond acceptors (Lipinski definition) is 6. The molecule has 0 radical (unpaired) electrons. The van der Waals surface area contributed by atoms with E-state index in [2.05, 4.69) is 20.9 Å². The largest absolute Gasteiger partial charge is 0.484 e. The molecule has 1 aromatic carbocycles. The highest BCUT2D eigenvalue weighted by molar-refractivity contribution is 7.80. The summed E-state index contributed by atoms with van der Waals surface area (Å²) in [6.07, 6.45) is -0.124. The summed E-state index contributed by atoms with van der Waals surface area (Å²) in [6.45, 7) is 1.73. The molecule has 0 aliphatic carbocycles. The van der Waals surface area contributed by atoms with Crippen molar-refractivity contribution in [3.05, 3.63) is 29.8 Å². The number of benzene rings is 1. The maximum absolute atomic E-state index is 11.6. The number of amides is 2. The Bertz CT molecular complexity index is 604. The van der Waals surface area contributed by atoms with Gasteiger partial charge in [0.2, 0.25) is 5.91 Å². The van der Waals surface area contributed by atoms with Crippen LogP contribution in [0.3, 0.4) is 0 Å². The number of aryl methyl sites for hydroxylation is 1. The monoisotopic (exact) mass is 353 g/mol. The third kappa shape index (κ3) is 8.08. The molecule has 0 saturated carbocycles. The second-order valence-electron chi connectivity index (χ2n) is 4.73. The van der Waals surface area contributed by atoms with Crippen molar-refractivity contribution in [1.82, 2.24) is 16.2 Å². The number of carbonyl (C=O) groups is 3. The predicted molar refractivity (Wildman–Crippen MR) is 89.9 cm³/mol. The molecule has 1 aromatic rings. The van der Waals surface area contributed by atoms with Crippen molar-refractivity contribution in [3.63, 3.8) is 0 Å². The molecule has 0 fully saturated rings. The smallest absolute Gasteiger partial charge is 0.306 e. The fraction of sp³-hybridized carbons (Fsp3) is 0.333. The van der Waals surface area contributed by atoms with Crippen molar-refractivity contribution in [2.75, 3.05) is 13.7 Å². The van der Waals surface area contributed by atoms with E-state index in [1.807, 2.05) is 19.1 Å². The van der Waals surface area contributed by atoms with E-state index in [9.17, 15) is 14.4 Å². The highest BCUT2D eigenvalue weighted by Gasteiger charge is 2.09. The lowest BCUT2D eigenvalue weighted by Crippen LogP contribution is -2.49. The molecule has 0 saturated heterocycles. The molecular weight excluding hydrogens is 334 g/mol. The molecule has 0 aliphatic heterocycles. The van der Waals surface area contributed by atoms with Gasteiger partial charge in [-0.2, -0.15) is 0 Å². The van der Waals surface area contributed by atoms with Gasteiger partial charge in [0.15, 0.2) is 11.7 Å². The van der Waals surface area contributed by atoms with Gasteiger partial charge in [-0.3, -0.25) is 25.2 Å². The van der Waals surface area contributed by atoms with Crippen LogP contribution in [-0.2, 0) is 19.1 Å². The van der Waals surface area contributed by atoms with Gasteiger partial charge in [0, 0.05) is 6.42 Å². The minimum atomic E-state index is -0.495. The molecule has 130 valence electrons. The number of hydrazine groups is 1. The lowest BCUT2D eigenvalue weighted by molar-refractivity contribution is -0.142. The minimum absolute atomic E-state index is 0.0539. The maximum Gasteiger partial charge on any atom is 0.306 e. The van der Waals surface area contributed by atoms with E-state index < -0.39 is 17.8 Å². The second-order valence-corrected chi connectivity index (χ2v) is 5.14. The van der Waals surface area contributed by atoms with Crippen molar-refractivity contribution >= 4 is 35.1 Å². The molecule has 0 bridgehead atoms. The SMILES string of the molecule is COC(=O)CCC(=O)NC(=S)NNC(=O)COc1ccc(C)cc1. The number of thiocarbonyl (C=S) groups is 1. The average molecular weight is 353 g/mol. The highest BCUT2D eigenvalue weighted by Crippen LogP contribution is 2.10. The summed E-state index contributed by atoms with van der Waals surface area (Å²) in [5.74, 6) is -0.871. The molecule has 24 heavy (non-hydrogen) atoms. The van der Waals surface area contributed by atoms with Gasteiger partial charge in [-0.05, 0) is 31.3 Å². The van der Waals surface area contributed by atoms with E-state index in [0.29, 0.717) is 5.75 Å². The first-order chi connectivity index (χ1) is 11.4. The molecular formula is C15H19N3O5S. The van der Waals surface area contributed by atoms with Crippen LogP contribution in [0.15, 0.2) is 24.3 Å². The zero-order valence-electron chi connectivity index (χ0n) is 13.4. The summed E-state index contributed by atoms with van der Waals surface area (Å²) in [6, 6.07) is 7.24. The Balaban J connectivity index is 2.21. The van der Waals surface area contributed by atoms with Crippen LogP contribution in [-0.4, -0.2) is 36.6 Å². The summed E-state index contributed by atoms with van der Waals surface area (Å²) >= 11 is 4.83. The number of hydrogen-bond donors (Lipinski definition) is 3. The average Bonchev–Trinajstić information content (AvgIpc) is 2.57. The molecule has 8 nitrogen and oxygen atoms in total. The number of methoxy groups -OCH3 is 1. The molecule has 0 aromatic heterocycles. The van der Waals surface area contributed by atoms with Gasteiger partial charge in [0.25, 0.3) is 5.91 Å². The Morgan fingerprint density at radius 1 is 1.04 bits per heavy atom. The second kappa shape index (κ2) is 10.2. The van der Waals surface area contributed by atoms with Crippen LogP contribution in [0, 0.1) is 6.92 Å². The van der Waals surface area contributed by atoms with Crippen molar-refractivity contribution in [2.24, 2.45) is 0 Å². The van der Waals surface area contributed by atoms with E-state index in [4.69, 9.17) is 17.0 Å². The van der Waals surface area contributed by atoms with Crippen molar-refractivity contribution in [3.8, 4) is 5.75 Å². The zero-order chi connectivity index (χ0) is 17.9. The lowest BCUT2D eigenvalue weighted by Gasteiger charge is -2.11. The lowest BCUT2D eigenvalue weighted by atomic mass is 10.2. The Hall–Kier alpha value is -2.68. The van der Waals surface area contributed by atoms with Crippen LogP contribution < -0.4 is 20.9 Å². The Kier molecular flexibility index (Phi) is 8.20. The Labute approximate surface area is 144 Å². The number of carbonyl (C=O) groups excluding carboxylic acids is 3. The van der Waals surface area contributed by atoms with Crippen LogP contribution in [0.1, 0.15) is 18.4 Å². The van der Waals surface area contributed by atoms with Gasteiger partial charge >= 0.3 is 5.97 Å². The first-order valence-electron chi connectivity index (χ1n) is 7.05. The minimum Gasteiger partial charge on any atom is -0.484 e. The van der Waals surface area contributed by atoms with E-state index in [1.165, 1.54) is 7.11 Å². The van der Waals surface area contributed by atoms with Crippen LogP contribution in [0.4, 0.5) is 0 Å². The van der Waals surface area contributed by atoms with E-state index in [0.717, 1.165) is 5.56 Å². The topological polar surface area (TPSA) is 106 Å². The van der Waals surface area contributed by atoms with Gasteiger partial charge < -0.3 is 14.8 Å². The van der Waals surface area contributed by atoms with E-state index in [-0.39, 0.29) is 24.6 Å². The first-order valence-corrected chi connectivity index (χ1v) is 7.46. The van der Waals surface area contributed by atoms with Crippen LogP contribution in [0.25, 0.3) is 0 Å². The molecule has 0 atom stereocenters. The fourth-order valence-electron chi connectivity index (χ4n) is 1.48. The van der Waals surface area contributed by atoms with Crippen molar-refractivity contribution in [1.29, 1.82) is 0 Å². The molecule has 9 heteroatoms. The molecule has 3 N–H and O–H groups in total. The van der Waals surface area contributed by atoms with E-state index in [1.54, 1.807) is 12.1 Å². The highest BCUT2D eigenvalue weighted by atomic mass is 32.1. The third-order valence-corrected chi connectivity index (χ3v) is 2.95. The number of nitrogens with one attached hydrogen (secondary N) is 3. The van der Waals surface area contributed by atoms with Crippen molar-refractivity contribution < 1.29 is 23.9 Å². The van der Waals surface area contributed by atoms with Crippen LogP contribution in [0.2, 0.25) is 0 Å². The Morgan fingerprint density at radius 3 is 2.33 bits per heavy atom. The van der Waals surface area contributed by atoms with Crippen molar-refractivity contribution in [2.45, 2.75) is 19.8 Å². The summed E-state index contributed by atoms with van der Waals surface area (Å²) in [5, 5.41) is 2.22. The summed E-state index contributed by atoms with van der Waals surface area (Å²) in [5.41, 5.74) is 5.73. The molecule has 0 heterocycles. The number of rotatable bonds is 6. The normalized spacial score (nSPS) is 9.58.